The number of hydrogen-bond acceptors (Lipinski definition) is 4. The monoisotopic (exact) mass is 432 g/mol. The van der Waals surface area contributed by atoms with E-state index in [2.05, 4.69) is 0 Å². The van der Waals surface area contributed by atoms with Crippen molar-refractivity contribution in [1.29, 1.82) is 0 Å². The van der Waals surface area contributed by atoms with Crippen molar-refractivity contribution in [3.05, 3.63) is 119 Å². The largest absolute Gasteiger partial charge is 0.507 e. The van der Waals surface area contributed by atoms with Gasteiger partial charge in [0.05, 0.1) is 5.56 Å². The highest BCUT2D eigenvalue weighted by Crippen LogP contribution is 2.52. The Balaban J connectivity index is 1.82. The second-order valence-corrected chi connectivity index (χ2v) is 8.48. The van der Waals surface area contributed by atoms with Crippen LogP contribution in [-0.2, 0) is 10.3 Å². The number of esters is 1. The summed E-state index contributed by atoms with van der Waals surface area (Å²) in [6, 6.07) is 27.8. The predicted octanol–water partition coefficient (Wildman–Crippen LogP) is 6.17. The minimum atomic E-state index is -1.25. The summed E-state index contributed by atoms with van der Waals surface area (Å²) in [6.07, 6.45) is 0. The average Bonchev–Trinajstić information content (AvgIpc) is 3.12. The van der Waals surface area contributed by atoms with Gasteiger partial charge in [-0.2, -0.15) is 0 Å². The molecule has 0 aromatic heterocycles. The van der Waals surface area contributed by atoms with Crippen LogP contribution in [-0.4, -0.2) is 16.2 Å². The van der Waals surface area contributed by atoms with E-state index in [1.807, 2.05) is 85.8 Å². The Morgan fingerprint density at radius 3 is 1.67 bits per heavy atom. The van der Waals surface area contributed by atoms with Crippen LogP contribution < -0.4 is 0 Å². The van der Waals surface area contributed by atoms with E-state index < -0.39 is 11.6 Å². The summed E-state index contributed by atoms with van der Waals surface area (Å²) in [5.41, 5.74) is 2.48. The molecule has 0 unspecified atom stereocenters. The first-order valence-electron chi connectivity index (χ1n) is 10.8. The Morgan fingerprint density at radius 2 is 1.12 bits per heavy atom. The van der Waals surface area contributed by atoms with Gasteiger partial charge in [0.1, 0.15) is 11.5 Å². The highest BCUT2D eigenvalue weighted by Gasteiger charge is 2.50. The molecule has 6 rings (SSSR count). The highest BCUT2D eigenvalue weighted by molar-refractivity contribution is 6.02. The molecule has 160 valence electrons. The molecule has 0 radical (unpaired) electrons. The van der Waals surface area contributed by atoms with E-state index in [4.69, 9.17) is 4.74 Å². The fourth-order valence-electron chi connectivity index (χ4n) is 5.11. The van der Waals surface area contributed by atoms with Crippen molar-refractivity contribution in [1.82, 2.24) is 0 Å². The second-order valence-electron chi connectivity index (χ2n) is 8.48. The van der Waals surface area contributed by atoms with Crippen LogP contribution in [0.5, 0.6) is 11.5 Å². The van der Waals surface area contributed by atoms with Crippen molar-refractivity contribution < 1.29 is 19.7 Å². The Morgan fingerprint density at radius 1 is 0.636 bits per heavy atom. The molecule has 33 heavy (non-hydrogen) atoms. The number of aryl methyl sites for hydroxylation is 1. The minimum Gasteiger partial charge on any atom is -0.507 e. The fraction of sp³-hybridized carbons (Fsp3) is 0.0690. The van der Waals surface area contributed by atoms with Crippen molar-refractivity contribution in [2.24, 2.45) is 0 Å². The number of carbonyl (C=O) groups is 1. The number of rotatable bonds is 2. The van der Waals surface area contributed by atoms with Gasteiger partial charge in [-0.3, -0.25) is 0 Å². The molecule has 0 fully saturated rings. The summed E-state index contributed by atoms with van der Waals surface area (Å²) in [6.45, 7) is 1.94. The van der Waals surface area contributed by atoms with E-state index in [-0.39, 0.29) is 11.5 Å². The number of phenols is 2. The number of hydrogen-bond donors (Lipinski definition) is 2. The Bertz CT molecular complexity index is 1510. The zero-order valence-electron chi connectivity index (χ0n) is 17.9. The molecule has 0 aliphatic carbocycles. The van der Waals surface area contributed by atoms with Crippen LogP contribution in [0.4, 0.5) is 0 Å². The van der Waals surface area contributed by atoms with Gasteiger partial charge >= 0.3 is 5.97 Å². The van der Waals surface area contributed by atoms with E-state index >= 15 is 0 Å². The molecule has 0 atom stereocenters. The lowest BCUT2D eigenvalue weighted by atomic mass is 9.76. The molecule has 1 aliphatic rings. The molecule has 0 spiro atoms. The van der Waals surface area contributed by atoms with Gasteiger partial charge in [-0.25, -0.2) is 4.79 Å². The Hall–Kier alpha value is -4.31. The zero-order chi connectivity index (χ0) is 22.7. The summed E-state index contributed by atoms with van der Waals surface area (Å²) < 4.78 is 6.34. The minimum absolute atomic E-state index is 0.161. The van der Waals surface area contributed by atoms with Gasteiger partial charge in [0.25, 0.3) is 0 Å². The van der Waals surface area contributed by atoms with Gasteiger partial charge in [-0.1, -0.05) is 66.2 Å². The molecule has 0 saturated carbocycles. The lowest BCUT2D eigenvalue weighted by Crippen LogP contribution is -2.30. The summed E-state index contributed by atoms with van der Waals surface area (Å²) in [4.78, 5) is 13.3. The molecule has 1 aliphatic heterocycles. The van der Waals surface area contributed by atoms with Crippen molar-refractivity contribution >= 4 is 27.5 Å². The molecule has 1 heterocycles. The van der Waals surface area contributed by atoms with Gasteiger partial charge in [0.15, 0.2) is 5.60 Å². The van der Waals surface area contributed by atoms with Crippen LogP contribution in [0.3, 0.4) is 0 Å². The molecule has 0 saturated heterocycles. The van der Waals surface area contributed by atoms with E-state index in [1.54, 1.807) is 12.1 Å². The van der Waals surface area contributed by atoms with Gasteiger partial charge < -0.3 is 14.9 Å². The number of benzene rings is 5. The lowest BCUT2D eigenvalue weighted by Gasteiger charge is -2.32. The topological polar surface area (TPSA) is 66.8 Å². The van der Waals surface area contributed by atoms with E-state index in [9.17, 15) is 15.0 Å². The smallest absolute Gasteiger partial charge is 0.340 e. The lowest BCUT2D eigenvalue weighted by molar-refractivity contribution is 0.0260. The summed E-state index contributed by atoms with van der Waals surface area (Å²) in [5.74, 6) is -0.0787. The number of aromatic hydroxyl groups is 2. The summed E-state index contributed by atoms with van der Waals surface area (Å²) in [7, 11) is 0. The zero-order valence-corrected chi connectivity index (χ0v) is 17.9. The molecule has 5 aromatic carbocycles. The third-order valence-corrected chi connectivity index (χ3v) is 6.58. The van der Waals surface area contributed by atoms with Crippen molar-refractivity contribution in [3.8, 4) is 11.5 Å². The Labute approximate surface area is 190 Å². The molecule has 2 N–H and O–H groups in total. The third kappa shape index (κ3) is 2.61. The van der Waals surface area contributed by atoms with Gasteiger partial charge in [-0.05, 0) is 48.0 Å². The highest BCUT2D eigenvalue weighted by atomic mass is 16.6. The van der Waals surface area contributed by atoms with Crippen LogP contribution in [0.2, 0.25) is 0 Å². The van der Waals surface area contributed by atoms with E-state index in [0.29, 0.717) is 16.3 Å². The number of phenolic OH excluding ortho intramolecular Hbond substituents is 2. The first-order valence-corrected chi connectivity index (χ1v) is 10.8. The van der Waals surface area contributed by atoms with Crippen molar-refractivity contribution in [2.75, 3.05) is 0 Å². The molecule has 0 amide bonds. The predicted molar refractivity (Wildman–Crippen MR) is 128 cm³/mol. The van der Waals surface area contributed by atoms with E-state index in [1.165, 1.54) is 0 Å². The first-order chi connectivity index (χ1) is 16.0. The van der Waals surface area contributed by atoms with Gasteiger partial charge in [0, 0.05) is 27.5 Å². The van der Waals surface area contributed by atoms with Crippen LogP contribution >= 0.6 is 0 Å². The van der Waals surface area contributed by atoms with Crippen molar-refractivity contribution in [3.63, 3.8) is 0 Å². The number of cyclic esters (lactones) is 1. The van der Waals surface area contributed by atoms with Crippen LogP contribution in [0.15, 0.2) is 91.0 Å². The third-order valence-electron chi connectivity index (χ3n) is 6.58. The number of carbonyl (C=O) groups excluding carboxylic acids is 1. The molecular weight excluding hydrogens is 412 g/mol. The molecule has 4 heteroatoms. The maximum absolute atomic E-state index is 13.3. The molecular formula is C29H20O4. The second kappa shape index (κ2) is 6.84. The maximum Gasteiger partial charge on any atom is 0.340 e. The van der Waals surface area contributed by atoms with E-state index in [0.717, 1.165) is 33.0 Å². The molecule has 4 nitrogen and oxygen atoms in total. The molecule has 0 bridgehead atoms. The number of fused-ring (bicyclic) bond motifs is 3. The SMILES string of the molecule is Cc1ccc2c(c1)C(=O)OC2(c1ccc(O)c2ccccc12)c1ccc(O)c2ccccc12. The van der Waals surface area contributed by atoms with Crippen LogP contribution in [0.1, 0.15) is 32.6 Å². The normalized spacial score (nSPS) is 14.4. The van der Waals surface area contributed by atoms with Gasteiger partial charge in [0.2, 0.25) is 0 Å². The van der Waals surface area contributed by atoms with Crippen molar-refractivity contribution in [2.45, 2.75) is 12.5 Å². The first kappa shape index (κ1) is 19.4. The fourth-order valence-corrected chi connectivity index (χ4v) is 5.11. The van der Waals surface area contributed by atoms with Crippen LogP contribution in [0, 0.1) is 6.92 Å². The quantitative estimate of drug-likeness (QED) is 0.327. The van der Waals surface area contributed by atoms with Crippen LogP contribution in [0.25, 0.3) is 21.5 Å². The Kier molecular flexibility index (Phi) is 4.02. The summed E-state index contributed by atoms with van der Waals surface area (Å²) >= 11 is 0. The summed E-state index contributed by atoms with van der Waals surface area (Å²) in [5, 5.41) is 24.0. The number of ether oxygens (including phenoxy) is 1. The maximum atomic E-state index is 13.3. The molecule has 5 aromatic rings. The average molecular weight is 432 g/mol. The standard InChI is InChI=1S/C29H20O4/c1-17-10-11-25-22(16-17)28(32)33-29(25,23-12-14-26(30)20-8-4-2-6-18(20)23)24-13-15-27(31)21-9-5-3-7-19(21)24/h2-16,30-31H,1H3. The van der Waals surface area contributed by atoms with Gasteiger partial charge in [-0.15, -0.1) is 0 Å².